The van der Waals surface area contributed by atoms with Crippen LogP contribution in [0.2, 0.25) is 0 Å². The minimum absolute atomic E-state index is 0.176. The third-order valence-corrected chi connectivity index (χ3v) is 5.01. The summed E-state index contributed by atoms with van der Waals surface area (Å²) < 4.78 is 22.4. The van der Waals surface area contributed by atoms with Crippen molar-refractivity contribution >= 4 is 21.6 Å². The van der Waals surface area contributed by atoms with Gasteiger partial charge in [0, 0.05) is 16.1 Å². The Hall–Kier alpha value is -0.780. The van der Waals surface area contributed by atoms with Gasteiger partial charge in [-0.25, -0.2) is 8.42 Å². The van der Waals surface area contributed by atoms with Crippen molar-refractivity contribution < 1.29 is 13.5 Å². The zero-order valence-electron chi connectivity index (χ0n) is 8.54. The lowest BCUT2D eigenvalue weighted by Gasteiger charge is -2.06. The number of benzene rings is 1. The highest BCUT2D eigenvalue weighted by molar-refractivity contribution is 8.04. The van der Waals surface area contributed by atoms with Crippen LogP contribution in [0.4, 0.5) is 0 Å². The van der Waals surface area contributed by atoms with Crippen LogP contribution in [0.15, 0.2) is 40.6 Å². The summed E-state index contributed by atoms with van der Waals surface area (Å²) in [5.41, 5.74) is 1.12. The van der Waals surface area contributed by atoms with Crippen LogP contribution in [-0.4, -0.2) is 25.4 Å². The first-order chi connectivity index (χ1) is 7.57. The highest BCUT2D eigenvalue weighted by Crippen LogP contribution is 2.30. The second-order valence-electron chi connectivity index (χ2n) is 3.64. The van der Waals surface area contributed by atoms with Crippen molar-refractivity contribution in [3.63, 3.8) is 0 Å². The molecule has 0 aromatic heterocycles. The van der Waals surface area contributed by atoms with Gasteiger partial charge >= 0.3 is 0 Å². The van der Waals surface area contributed by atoms with E-state index >= 15 is 0 Å². The second kappa shape index (κ2) is 4.61. The fourth-order valence-corrected chi connectivity index (χ4v) is 4.32. The summed E-state index contributed by atoms with van der Waals surface area (Å²) in [5, 5.41) is 10.7. The fourth-order valence-electron chi connectivity index (χ4n) is 1.48. The van der Waals surface area contributed by atoms with E-state index in [1.165, 1.54) is 17.2 Å². The summed E-state index contributed by atoms with van der Waals surface area (Å²) in [6, 6.07) is 9.76. The van der Waals surface area contributed by atoms with Crippen LogP contribution in [0.3, 0.4) is 0 Å². The number of aliphatic hydroxyl groups excluding tert-OH is 1. The molecule has 0 fully saturated rings. The van der Waals surface area contributed by atoms with E-state index in [1.807, 2.05) is 30.3 Å². The molecule has 2 rings (SSSR count). The van der Waals surface area contributed by atoms with Crippen LogP contribution in [0.25, 0.3) is 0 Å². The highest BCUT2D eigenvalue weighted by atomic mass is 32.2. The van der Waals surface area contributed by atoms with Crippen molar-refractivity contribution in [1.29, 1.82) is 0 Å². The van der Waals surface area contributed by atoms with Gasteiger partial charge in [0.1, 0.15) is 0 Å². The van der Waals surface area contributed by atoms with E-state index < -0.39 is 15.9 Å². The maximum absolute atomic E-state index is 11.2. The van der Waals surface area contributed by atoms with Crippen molar-refractivity contribution in [2.75, 3.05) is 5.75 Å². The Morgan fingerprint density at radius 3 is 2.56 bits per heavy atom. The van der Waals surface area contributed by atoms with E-state index in [-0.39, 0.29) is 5.75 Å². The molecule has 0 aliphatic carbocycles. The van der Waals surface area contributed by atoms with Gasteiger partial charge in [-0.05, 0) is 5.56 Å². The fraction of sp³-hybridized carbons (Fsp3) is 0.273. The van der Waals surface area contributed by atoms with Gasteiger partial charge in [-0.3, -0.25) is 0 Å². The molecule has 0 bridgehead atoms. The standard InChI is InChI=1S/C11H12O3S2/c12-10-7-16(13,14)8-11(10)15-6-9-4-2-1-3-5-9/h1-5,8,10,12H,6-7H2. The first-order valence-corrected chi connectivity index (χ1v) is 7.56. The van der Waals surface area contributed by atoms with Crippen molar-refractivity contribution in [3.05, 3.63) is 46.2 Å². The maximum atomic E-state index is 11.2. The van der Waals surface area contributed by atoms with Crippen molar-refractivity contribution in [3.8, 4) is 0 Å². The molecule has 0 saturated carbocycles. The van der Waals surface area contributed by atoms with Gasteiger partial charge in [-0.15, -0.1) is 11.8 Å². The number of sulfone groups is 1. The first-order valence-electron chi connectivity index (χ1n) is 4.86. The predicted molar refractivity (Wildman–Crippen MR) is 65.6 cm³/mol. The Morgan fingerprint density at radius 1 is 1.31 bits per heavy atom. The zero-order chi connectivity index (χ0) is 11.6. The smallest absolute Gasteiger partial charge is 0.175 e. The normalized spacial score (nSPS) is 23.1. The van der Waals surface area contributed by atoms with Crippen LogP contribution < -0.4 is 0 Å². The molecular weight excluding hydrogens is 244 g/mol. The van der Waals surface area contributed by atoms with Gasteiger partial charge < -0.3 is 5.11 Å². The second-order valence-corrected chi connectivity index (χ2v) is 6.58. The molecular formula is C11H12O3S2. The molecule has 1 aliphatic heterocycles. The lowest BCUT2D eigenvalue weighted by atomic mass is 10.2. The third-order valence-electron chi connectivity index (χ3n) is 2.26. The van der Waals surface area contributed by atoms with Crippen molar-refractivity contribution in [2.24, 2.45) is 0 Å². The molecule has 5 heteroatoms. The molecule has 1 N–H and O–H groups in total. The lowest BCUT2D eigenvalue weighted by molar-refractivity contribution is 0.246. The van der Waals surface area contributed by atoms with Gasteiger partial charge in [0.15, 0.2) is 9.84 Å². The predicted octanol–water partition coefficient (Wildman–Crippen LogP) is 1.55. The SMILES string of the molecule is O=S1(=O)C=C(SCc2ccccc2)C(O)C1. The molecule has 3 nitrogen and oxygen atoms in total. The summed E-state index contributed by atoms with van der Waals surface area (Å²) in [6.07, 6.45) is -0.848. The molecule has 0 saturated heterocycles. The topological polar surface area (TPSA) is 54.4 Å². The van der Waals surface area contributed by atoms with E-state index in [0.29, 0.717) is 10.7 Å². The Labute approximate surface area is 99.1 Å². The molecule has 0 amide bonds. The quantitative estimate of drug-likeness (QED) is 0.891. The summed E-state index contributed by atoms with van der Waals surface area (Å²) in [6.45, 7) is 0. The molecule has 1 unspecified atom stereocenters. The van der Waals surface area contributed by atoms with Crippen LogP contribution in [-0.2, 0) is 15.6 Å². The maximum Gasteiger partial charge on any atom is 0.175 e. The number of rotatable bonds is 3. The molecule has 16 heavy (non-hydrogen) atoms. The molecule has 1 heterocycles. The van der Waals surface area contributed by atoms with Gasteiger partial charge in [0.05, 0.1) is 11.9 Å². The Balaban J connectivity index is 2.02. The van der Waals surface area contributed by atoms with E-state index in [0.717, 1.165) is 5.56 Å². The average Bonchev–Trinajstić information content (AvgIpc) is 2.50. The van der Waals surface area contributed by atoms with E-state index in [1.54, 1.807) is 0 Å². The molecule has 1 aromatic rings. The third kappa shape index (κ3) is 2.87. The molecule has 0 spiro atoms. The number of hydrogen-bond acceptors (Lipinski definition) is 4. The largest absolute Gasteiger partial charge is 0.387 e. The minimum atomic E-state index is -3.18. The average molecular weight is 256 g/mol. The van der Waals surface area contributed by atoms with Gasteiger partial charge in [-0.1, -0.05) is 30.3 Å². The molecule has 1 aromatic carbocycles. The summed E-state index contributed by atoms with van der Waals surface area (Å²) in [5.74, 6) is 0.503. The Kier molecular flexibility index (Phi) is 3.37. The van der Waals surface area contributed by atoms with Gasteiger partial charge in [0.2, 0.25) is 0 Å². The molecule has 86 valence electrons. The van der Waals surface area contributed by atoms with Crippen LogP contribution in [0.5, 0.6) is 0 Å². The summed E-state index contributed by atoms with van der Waals surface area (Å²) in [7, 11) is -3.18. The van der Waals surface area contributed by atoms with Gasteiger partial charge in [-0.2, -0.15) is 0 Å². The molecule has 1 atom stereocenters. The molecule has 0 radical (unpaired) electrons. The molecule has 1 aliphatic rings. The highest BCUT2D eigenvalue weighted by Gasteiger charge is 2.27. The number of hydrogen-bond donors (Lipinski definition) is 1. The van der Waals surface area contributed by atoms with Gasteiger partial charge in [0.25, 0.3) is 0 Å². The number of aliphatic hydroxyl groups is 1. The first kappa shape index (κ1) is 11.7. The lowest BCUT2D eigenvalue weighted by Crippen LogP contribution is -2.11. The van der Waals surface area contributed by atoms with E-state index in [4.69, 9.17) is 0 Å². The van der Waals surface area contributed by atoms with E-state index in [9.17, 15) is 13.5 Å². The Morgan fingerprint density at radius 2 is 2.00 bits per heavy atom. The van der Waals surface area contributed by atoms with E-state index in [2.05, 4.69) is 0 Å². The van der Waals surface area contributed by atoms with Crippen molar-refractivity contribution in [1.82, 2.24) is 0 Å². The van der Waals surface area contributed by atoms with Crippen LogP contribution >= 0.6 is 11.8 Å². The monoisotopic (exact) mass is 256 g/mol. The van der Waals surface area contributed by atoms with Crippen LogP contribution in [0.1, 0.15) is 5.56 Å². The summed E-state index contributed by atoms with van der Waals surface area (Å²) in [4.78, 5) is 0.545. The zero-order valence-corrected chi connectivity index (χ0v) is 10.2. The summed E-state index contributed by atoms with van der Waals surface area (Å²) >= 11 is 1.38. The Bertz CT molecular complexity index is 491. The van der Waals surface area contributed by atoms with Crippen molar-refractivity contribution in [2.45, 2.75) is 11.9 Å². The van der Waals surface area contributed by atoms with Crippen LogP contribution in [0, 0.1) is 0 Å². The number of thioether (sulfide) groups is 1. The minimum Gasteiger partial charge on any atom is -0.387 e.